The molecule has 2 bridgehead atoms. The molecule has 18 heavy (non-hydrogen) atoms. The number of halogens is 1. The van der Waals surface area contributed by atoms with Crippen LogP contribution < -0.4 is 0 Å². The topological polar surface area (TPSA) is 18.5 Å². The minimum absolute atomic E-state index is 0.0305. The van der Waals surface area contributed by atoms with Gasteiger partial charge in [0, 0.05) is 12.0 Å². The lowest BCUT2D eigenvalue weighted by molar-refractivity contribution is -0.205. The summed E-state index contributed by atoms with van der Waals surface area (Å²) in [5, 5.41) is 0. The van der Waals surface area contributed by atoms with Crippen molar-refractivity contribution in [2.24, 2.45) is 16.7 Å². The molecule has 0 amide bonds. The van der Waals surface area contributed by atoms with Crippen molar-refractivity contribution in [3.05, 3.63) is 10.6 Å². The summed E-state index contributed by atoms with van der Waals surface area (Å²) < 4.78 is 13.4. The van der Waals surface area contributed by atoms with Gasteiger partial charge in [-0.2, -0.15) is 0 Å². The van der Waals surface area contributed by atoms with Crippen LogP contribution in [-0.4, -0.2) is 19.0 Å². The Labute approximate surface area is 118 Å². The molecule has 1 aliphatic heterocycles. The Balaban J connectivity index is 1.76. The third-order valence-electron chi connectivity index (χ3n) is 5.60. The summed E-state index contributed by atoms with van der Waals surface area (Å²) in [4.78, 5) is 0. The minimum atomic E-state index is 0.0305. The van der Waals surface area contributed by atoms with E-state index in [9.17, 15) is 0 Å². The van der Waals surface area contributed by atoms with E-state index < -0.39 is 0 Å². The van der Waals surface area contributed by atoms with E-state index >= 15 is 0 Å². The number of rotatable bonds is 2. The first-order valence-electron chi connectivity index (χ1n) is 7.10. The maximum atomic E-state index is 6.29. The Kier molecular flexibility index (Phi) is 3.15. The van der Waals surface area contributed by atoms with Crippen molar-refractivity contribution in [3.8, 4) is 0 Å². The van der Waals surface area contributed by atoms with E-state index in [-0.39, 0.29) is 17.1 Å². The highest BCUT2D eigenvalue weighted by molar-refractivity contribution is 9.11. The number of hydrogen-bond donors (Lipinski definition) is 0. The SMILES string of the molecule is CC1(C)[C@@H]2C[C@@H](OC3CCCCO3)[C@@]1(C)C=C2Br. The highest BCUT2D eigenvalue weighted by Crippen LogP contribution is 2.66. The van der Waals surface area contributed by atoms with Crippen LogP contribution in [0.25, 0.3) is 0 Å². The molecule has 1 heterocycles. The molecule has 0 aromatic heterocycles. The average molecular weight is 315 g/mol. The molecule has 0 spiro atoms. The van der Waals surface area contributed by atoms with Crippen molar-refractivity contribution in [3.63, 3.8) is 0 Å². The molecule has 0 N–H and O–H groups in total. The van der Waals surface area contributed by atoms with Crippen LogP contribution in [0.5, 0.6) is 0 Å². The zero-order valence-electron chi connectivity index (χ0n) is 11.5. The van der Waals surface area contributed by atoms with Crippen LogP contribution in [0, 0.1) is 16.7 Å². The Morgan fingerprint density at radius 3 is 2.61 bits per heavy atom. The molecule has 1 saturated carbocycles. The summed E-state index contributed by atoms with van der Waals surface area (Å²) in [6, 6.07) is 0. The van der Waals surface area contributed by atoms with Crippen molar-refractivity contribution in [2.75, 3.05) is 6.61 Å². The van der Waals surface area contributed by atoms with Crippen molar-refractivity contribution in [1.29, 1.82) is 0 Å². The molecule has 2 nitrogen and oxygen atoms in total. The first-order valence-corrected chi connectivity index (χ1v) is 7.90. The predicted molar refractivity (Wildman–Crippen MR) is 75.5 cm³/mol. The minimum Gasteiger partial charge on any atom is -0.353 e. The van der Waals surface area contributed by atoms with Crippen LogP contribution >= 0.6 is 15.9 Å². The van der Waals surface area contributed by atoms with Crippen LogP contribution in [0.4, 0.5) is 0 Å². The lowest BCUT2D eigenvalue weighted by Gasteiger charge is -2.39. The van der Waals surface area contributed by atoms with E-state index in [0.717, 1.165) is 19.4 Å². The number of ether oxygens (including phenoxy) is 2. The van der Waals surface area contributed by atoms with Gasteiger partial charge in [-0.3, -0.25) is 0 Å². The first kappa shape index (κ1) is 13.1. The second-order valence-electron chi connectivity index (χ2n) is 6.74. The maximum absolute atomic E-state index is 6.29. The van der Waals surface area contributed by atoms with E-state index in [4.69, 9.17) is 9.47 Å². The van der Waals surface area contributed by atoms with E-state index in [2.05, 4.69) is 42.8 Å². The van der Waals surface area contributed by atoms with Gasteiger partial charge in [0.05, 0.1) is 6.10 Å². The third kappa shape index (κ3) is 1.74. The Morgan fingerprint density at radius 2 is 2.11 bits per heavy atom. The van der Waals surface area contributed by atoms with Gasteiger partial charge in [0.25, 0.3) is 0 Å². The van der Waals surface area contributed by atoms with Crippen molar-refractivity contribution < 1.29 is 9.47 Å². The molecule has 1 saturated heterocycles. The molecule has 2 fully saturated rings. The van der Waals surface area contributed by atoms with Gasteiger partial charge < -0.3 is 9.47 Å². The third-order valence-corrected chi connectivity index (χ3v) is 6.38. The molecule has 3 rings (SSSR count). The summed E-state index contributed by atoms with van der Waals surface area (Å²) in [6.07, 6.45) is 7.32. The molecule has 0 aromatic rings. The molecular weight excluding hydrogens is 292 g/mol. The summed E-state index contributed by atoms with van der Waals surface area (Å²) in [6.45, 7) is 7.94. The standard InChI is InChI=1S/C15H23BrO2/c1-14(2)10-8-12(15(14,3)9-11(10)16)18-13-6-4-5-7-17-13/h9-10,12-13H,4-8H2,1-3H3/t10-,12-,13?,15-/m1/s1. The van der Waals surface area contributed by atoms with Gasteiger partial charge in [0.1, 0.15) is 0 Å². The highest BCUT2D eigenvalue weighted by atomic mass is 79.9. The summed E-state index contributed by atoms with van der Waals surface area (Å²) in [7, 11) is 0. The fourth-order valence-electron chi connectivity index (χ4n) is 3.87. The van der Waals surface area contributed by atoms with Gasteiger partial charge in [-0.25, -0.2) is 0 Å². The number of fused-ring (bicyclic) bond motifs is 2. The number of hydrogen-bond acceptors (Lipinski definition) is 2. The molecule has 102 valence electrons. The van der Waals surface area contributed by atoms with Crippen LogP contribution in [0.2, 0.25) is 0 Å². The molecule has 3 aliphatic rings. The van der Waals surface area contributed by atoms with Crippen LogP contribution in [0.1, 0.15) is 46.5 Å². The maximum Gasteiger partial charge on any atom is 0.157 e. The van der Waals surface area contributed by atoms with Gasteiger partial charge in [-0.05, 0) is 41.5 Å². The average Bonchev–Trinajstić information content (AvgIpc) is 2.61. The highest BCUT2D eigenvalue weighted by Gasteiger charge is 2.62. The fourth-order valence-corrected chi connectivity index (χ4v) is 5.10. The Morgan fingerprint density at radius 1 is 1.33 bits per heavy atom. The van der Waals surface area contributed by atoms with E-state index in [0.29, 0.717) is 12.0 Å². The van der Waals surface area contributed by atoms with Gasteiger partial charge in [0.15, 0.2) is 6.29 Å². The molecule has 0 radical (unpaired) electrons. The second-order valence-corrected chi connectivity index (χ2v) is 7.66. The van der Waals surface area contributed by atoms with E-state index in [1.807, 2.05) is 0 Å². The van der Waals surface area contributed by atoms with Crippen molar-refractivity contribution in [1.82, 2.24) is 0 Å². The van der Waals surface area contributed by atoms with E-state index in [1.54, 1.807) is 0 Å². The monoisotopic (exact) mass is 314 g/mol. The zero-order valence-corrected chi connectivity index (χ0v) is 13.1. The lowest BCUT2D eigenvalue weighted by Crippen LogP contribution is -2.39. The molecule has 1 unspecified atom stereocenters. The summed E-state index contributed by atoms with van der Waals surface area (Å²) >= 11 is 3.73. The van der Waals surface area contributed by atoms with Crippen molar-refractivity contribution >= 4 is 15.9 Å². The largest absolute Gasteiger partial charge is 0.353 e. The van der Waals surface area contributed by atoms with Crippen LogP contribution in [-0.2, 0) is 9.47 Å². The quantitative estimate of drug-likeness (QED) is 0.759. The Hall–Kier alpha value is 0.140. The zero-order chi connectivity index (χ0) is 13.0. The van der Waals surface area contributed by atoms with Gasteiger partial charge in [-0.1, -0.05) is 42.8 Å². The molecule has 0 aromatic carbocycles. The van der Waals surface area contributed by atoms with E-state index in [1.165, 1.54) is 17.3 Å². The van der Waals surface area contributed by atoms with Gasteiger partial charge in [-0.15, -0.1) is 0 Å². The summed E-state index contributed by atoms with van der Waals surface area (Å²) in [5.74, 6) is 0.607. The van der Waals surface area contributed by atoms with Gasteiger partial charge in [0.2, 0.25) is 0 Å². The fraction of sp³-hybridized carbons (Fsp3) is 0.867. The predicted octanol–water partition coefficient (Wildman–Crippen LogP) is 4.24. The summed E-state index contributed by atoms with van der Waals surface area (Å²) in [5.41, 5.74) is 0.419. The Bertz CT molecular complexity index is 371. The van der Waals surface area contributed by atoms with Crippen LogP contribution in [0.3, 0.4) is 0 Å². The molecule has 4 atom stereocenters. The molecule has 2 aliphatic carbocycles. The molecular formula is C15H23BrO2. The lowest BCUT2D eigenvalue weighted by atomic mass is 9.70. The smallest absolute Gasteiger partial charge is 0.157 e. The van der Waals surface area contributed by atoms with Gasteiger partial charge >= 0.3 is 0 Å². The molecule has 3 heteroatoms. The number of allylic oxidation sites excluding steroid dienone is 1. The van der Waals surface area contributed by atoms with Crippen molar-refractivity contribution in [2.45, 2.75) is 58.8 Å². The second kappa shape index (κ2) is 4.32. The van der Waals surface area contributed by atoms with Crippen LogP contribution in [0.15, 0.2) is 10.6 Å². The first-order chi connectivity index (χ1) is 8.45. The normalized spacial score (nSPS) is 46.2.